The molecule has 0 aliphatic rings. The highest BCUT2D eigenvalue weighted by Gasteiger charge is 2.16. The molecule has 0 aliphatic carbocycles. The van der Waals surface area contributed by atoms with Crippen molar-refractivity contribution < 1.29 is 9.59 Å². The van der Waals surface area contributed by atoms with E-state index in [1.165, 1.54) is 0 Å². The van der Waals surface area contributed by atoms with Gasteiger partial charge in [0.25, 0.3) is 5.91 Å². The van der Waals surface area contributed by atoms with Crippen molar-refractivity contribution in [2.45, 2.75) is 5.92 Å². The van der Waals surface area contributed by atoms with Gasteiger partial charge in [0.05, 0.1) is 0 Å². The highest BCUT2D eigenvalue weighted by molar-refractivity contribution is 5.95. The average molecular weight is 162 g/mol. The molecule has 3 heteroatoms. The molecule has 0 aliphatic heterocycles. The molecular weight excluding hydrogens is 154 g/mol. The predicted octanol–water partition coefficient (Wildman–Crippen LogP) is 0.779. The van der Waals surface area contributed by atoms with Crippen LogP contribution in [0.15, 0.2) is 30.3 Å². The summed E-state index contributed by atoms with van der Waals surface area (Å²) >= 11 is 0. The molecule has 0 aromatic heterocycles. The number of nitrogens with one attached hydrogen (secondary N) is 1. The standard InChI is InChI=1S/C9H8NO2/c10-9(12)8(6-11)7-4-2-1-3-5-7/h1-6,8,10H. The molecule has 1 aromatic rings. The maximum Gasteiger partial charge on any atom is 0.253 e. The van der Waals surface area contributed by atoms with Gasteiger partial charge in [-0.3, -0.25) is 10.5 Å². The van der Waals surface area contributed by atoms with E-state index in [4.69, 9.17) is 5.73 Å². The van der Waals surface area contributed by atoms with Crippen LogP contribution in [-0.2, 0) is 9.59 Å². The zero-order chi connectivity index (χ0) is 8.97. The van der Waals surface area contributed by atoms with Gasteiger partial charge in [0.2, 0.25) is 0 Å². The summed E-state index contributed by atoms with van der Waals surface area (Å²) in [4.78, 5) is 21.0. The lowest BCUT2D eigenvalue weighted by Crippen LogP contribution is -2.14. The number of hydrogen-bond donors (Lipinski definition) is 0. The van der Waals surface area contributed by atoms with E-state index in [1.807, 2.05) is 0 Å². The minimum atomic E-state index is -0.925. The molecule has 3 nitrogen and oxygen atoms in total. The van der Waals surface area contributed by atoms with Crippen LogP contribution in [0, 0.1) is 0 Å². The smallest absolute Gasteiger partial charge is 0.253 e. The summed E-state index contributed by atoms with van der Waals surface area (Å²) in [6.45, 7) is 0. The van der Waals surface area contributed by atoms with E-state index in [-0.39, 0.29) is 0 Å². The van der Waals surface area contributed by atoms with Crippen LogP contribution in [0.3, 0.4) is 0 Å². The molecule has 1 N–H and O–H groups in total. The summed E-state index contributed by atoms with van der Waals surface area (Å²) in [5, 5.41) is 0. The summed E-state index contributed by atoms with van der Waals surface area (Å²) in [5.74, 6) is -1.79. The van der Waals surface area contributed by atoms with E-state index in [0.29, 0.717) is 11.8 Å². The van der Waals surface area contributed by atoms with Crippen molar-refractivity contribution in [2.24, 2.45) is 0 Å². The highest BCUT2D eigenvalue weighted by Crippen LogP contribution is 2.11. The SMILES string of the molecule is [NH]C(=O)C(C=O)c1ccccc1. The van der Waals surface area contributed by atoms with Crippen molar-refractivity contribution in [3.63, 3.8) is 0 Å². The number of benzene rings is 1. The van der Waals surface area contributed by atoms with Crippen molar-refractivity contribution in [3.05, 3.63) is 35.9 Å². The lowest BCUT2D eigenvalue weighted by atomic mass is 10.0. The minimum absolute atomic E-state index is 0.491. The largest absolute Gasteiger partial charge is 0.302 e. The lowest BCUT2D eigenvalue weighted by molar-refractivity contribution is -0.123. The zero-order valence-electron chi connectivity index (χ0n) is 6.36. The van der Waals surface area contributed by atoms with E-state index < -0.39 is 11.8 Å². The fraction of sp³-hybridized carbons (Fsp3) is 0.111. The van der Waals surface area contributed by atoms with Crippen LogP contribution in [-0.4, -0.2) is 12.2 Å². The molecule has 1 unspecified atom stereocenters. The Kier molecular flexibility index (Phi) is 2.58. The highest BCUT2D eigenvalue weighted by atomic mass is 16.2. The van der Waals surface area contributed by atoms with Gasteiger partial charge in [-0.1, -0.05) is 30.3 Å². The third-order valence-corrected chi connectivity index (χ3v) is 1.58. The Morgan fingerprint density at radius 2 is 1.92 bits per heavy atom. The number of hydrogen-bond acceptors (Lipinski definition) is 2. The molecule has 12 heavy (non-hydrogen) atoms. The van der Waals surface area contributed by atoms with Gasteiger partial charge in [0, 0.05) is 0 Å². The van der Waals surface area contributed by atoms with E-state index >= 15 is 0 Å². The van der Waals surface area contributed by atoms with Crippen LogP contribution >= 0.6 is 0 Å². The lowest BCUT2D eigenvalue weighted by Gasteiger charge is -2.03. The Morgan fingerprint density at radius 1 is 1.33 bits per heavy atom. The zero-order valence-corrected chi connectivity index (χ0v) is 6.36. The van der Waals surface area contributed by atoms with Crippen molar-refractivity contribution in [2.75, 3.05) is 0 Å². The van der Waals surface area contributed by atoms with Gasteiger partial charge in [-0.05, 0) is 5.56 Å². The van der Waals surface area contributed by atoms with E-state index in [2.05, 4.69) is 0 Å². The molecule has 1 amide bonds. The predicted molar refractivity (Wildman–Crippen MR) is 43.4 cm³/mol. The summed E-state index contributed by atoms with van der Waals surface area (Å²) in [7, 11) is 0. The minimum Gasteiger partial charge on any atom is -0.302 e. The second-order valence-electron chi connectivity index (χ2n) is 2.39. The third-order valence-electron chi connectivity index (χ3n) is 1.58. The van der Waals surface area contributed by atoms with Crippen LogP contribution in [0.2, 0.25) is 0 Å². The van der Waals surface area contributed by atoms with E-state index in [0.717, 1.165) is 0 Å². The van der Waals surface area contributed by atoms with Gasteiger partial charge in [-0.15, -0.1) is 0 Å². The fourth-order valence-electron chi connectivity index (χ4n) is 0.952. The molecule has 0 saturated carbocycles. The van der Waals surface area contributed by atoms with Crippen LogP contribution in [0.1, 0.15) is 11.5 Å². The van der Waals surface area contributed by atoms with Crippen molar-refractivity contribution in [3.8, 4) is 0 Å². The Morgan fingerprint density at radius 3 is 2.33 bits per heavy atom. The number of aldehydes is 1. The first-order valence-electron chi connectivity index (χ1n) is 3.51. The van der Waals surface area contributed by atoms with Crippen molar-refractivity contribution in [1.29, 1.82) is 0 Å². The second-order valence-corrected chi connectivity index (χ2v) is 2.39. The fourth-order valence-corrected chi connectivity index (χ4v) is 0.952. The normalized spacial score (nSPS) is 12.0. The summed E-state index contributed by atoms with van der Waals surface area (Å²) in [5.41, 5.74) is 7.38. The molecule has 0 spiro atoms. The van der Waals surface area contributed by atoms with Crippen LogP contribution in [0.25, 0.3) is 0 Å². The molecule has 61 valence electrons. The summed E-state index contributed by atoms with van der Waals surface area (Å²) < 4.78 is 0. The Balaban J connectivity index is 2.95. The van der Waals surface area contributed by atoms with Crippen LogP contribution < -0.4 is 5.73 Å². The monoisotopic (exact) mass is 162 g/mol. The molecule has 1 rings (SSSR count). The average Bonchev–Trinajstić information content (AvgIpc) is 2.07. The molecule has 1 aromatic carbocycles. The molecular formula is C9H8NO2. The van der Waals surface area contributed by atoms with Gasteiger partial charge in [-0.25, -0.2) is 0 Å². The topological polar surface area (TPSA) is 57.9 Å². The van der Waals surface area contributed by atoms with Crippen LogP contribution in [0.4, 0.5) is 0 Å². The Labute approximate surface area is 70.2 Å². The molecule has 1 radical (unpaired) electrons. The van der Waals surface area contributed by atoms with Crippen LogP contribution in [0.5, 0.6) is 0 Å². The van der Waals surface area contributed by atoms with E-state index in [9.17, 15) is 9.59 Å². The van der Waals surface area contributed by atoms with E-state index in [1.54, 1.807) is 30.3 Å². The summed E-state index contributed by atoms with van der Waals surface area (Å²) in [6.07, 6.45) is 0.491. The summed E-state index contributed by atoms with van der Waals surface area (Å²) in [6, 6.07) is 8.57. The molecule has 0 fully saturated rings. The van der Waals surface area contributed by atoms with Gasteiger partial charge in [0.15, 0.2) is 0 Å². The second kappa shape index (κ2) is 3.67. The van der Waals surface area contributed by atoms with Gasteiger partial charge in [0.1, 0.15) is 12.2 Å². The molecule has 0 bridgehead atoms. The number of carbonyl (C=O) groups excluding carboxylic acids is 2. The van der Waals surface area contributed by atoms with Crippen molar-refractivity contribution >= 4 is 12.2 Å². The third kappa shape index (κ3) is 1.69. The molecule has 1 atom stereocenters. The Hall–Kier alpha value is -1.64. The Bertz CT molecular complexity index is 282. The number of amides is 1. The van der Waals surface area contributed by atoms with Gasteiger partial charge in [-0.2, -0.15) is 0 Å². The number of rotatable bonds is 3. The first kappa shape index (κ1) is 8.46. The van der Waals surface area contributed by atoms with Gasteiger partial charge >= 0.3 is 0 Å². The maximum atomic E-state index is 10.6. The molecule has 0 heterocycles. The quantitative estimate of drug-likeness (QED) is 0.487. The first-order valence-corrected chi connectivity index (χ1v) is 3.51. The molecule has 0 saturated heterocycles. The van der Waals surface area contributed by atoms with Gasteiger partial charge < -0.3 is 4.79 Å². The first-order chi connectivity index (χ1) is 5.75. The van der Waals surface area contributed by atoms with Crippen molar-refractivity contribution in [1.82, 2.24) is 5.73 Å². The number of carbonyl (C=O) groups is 2. The maximum absolute atomic E-state index is 10.6.